The predicted molar refractivity (Wildman–Crippen MR) is 96.8 cm³/mol. The van der Waals surface area contributed by atoms with Gasteiger partial charge in [-0.1, -0.05) is 31.7 Å². The molecule has 1 fully saturated rings. The van der Waals surface area contributed by atoms with E-state index in [1.165, 1.54) is 18.2 Å². The van der Waals surface area contributed by atoms with E-state index in [1.54, 1.807) is 6.07 Å². The molecule has 1 aromatic rings. The molecule has 0 unspecified atom stereocenters. The number of nitrogens with two attached hydrogens (primary N) is 1. The summed E-state index contributed by atoms with van der Waals surface area (Å²) in [6.45, 7) is 0.557. The molecule has 2 bridgehead atoms. The van der Waals surface area contributed by atoms with Gasteiger partial charge >= 0.3 is 0 Å². The molecular weight excluding hydrogens is 354 g/mol. The monoisotopic (exact) mass is 379 g/mol. The third kappa shape index (κ3) is 4.07. The Bertz CT molecular complexity index is 808. The van der Waals surface area contributed by atoms with E-state index in [0.29, 0.717) is 13.0 Å². The Morgan fingerprint density at radius 2 is 1.81 bits per heavy atom. The Morgan fingerprint density at radius 1 is 1.08 bits per heavy atom. The molecular formula is C18H25N3O4S. The minimum atomic E-state index is -4.07. The Kier molecular flexibility index (Phi) is 5.34. The Labute approximate surface area is 153 Å². The fourth-order valence-corrected chi connectivity index (χ4v) is 4.51. The van der Waals surface area contributed by atoms with Gasteiger partial charge in [0.05, 0.1) is 10.4 Å². The zero-order chi connectivity index (χ0) is 18.8. The van der Waals surface area contributed by atoms with Gasteiger partial charge in [0.25, 0.3) is 21.8 Å². The van der Waals surface area contributed by atoms with Crippen molar-refractivity contribution >= 4 is 21.8 Å². The summed E-state index contributed by atoms with van der Waals surface area (Å²) in [5, 5.41) is 2.80. The third-order valence-electron chi connectivity index (χ3n) is 5.22. The normalized spacial score (nSPS) is 29.7. The summed E-state index contributed by atoms with van der Waals surface area (Å²) in [7, 11) is -4.07. The summed E-state index contributed by atoms with van der Waals surface area (Å²) in [6, 6.07) is 5.66. The third-order valence-corrected chi connectivity index (χ3v) is 6.55. The van der Waals surface area contributed by atoms with Crippen molar-refractivity contribution in [3.05, 3.63) is 29.8 Å². The van der Waals surface area contributed by atoms with Crippen molar-refractivity contribution in [2.24, 2.45) is 11.7 Å². The van der Waals surface area contributed by atoms with Crippen molar-refractivity contribution in [2.45, 2.75) is 55.4 Å². The predicted octanol–water partition coefficient (Wildman–Crippen LogP) is 1.29. The van der Waals surface area contributed by atoms with Gasteiger partial charge in [-0.3, -0.25) is 9.59 Å². The summed E-state index contributed by atoms with van der Waals surface area (Å²) in [4.78, 5) is 24.5. The Morgan fingerprint density at radius 3 is 2.62 bits per heavy atom. The number of rotatable bonds is 0. The topological polar surface area (TPSA) is 118 Å². The average Bonchev–Trinajstić information content (AvgIpc) is 3.28. The van der Waals surface area contributed by atoms with Gasteiger partial charge in [-0.15, -0.1) is 0 Å². The number of fused-ring (bicyclic) bond motifs is 3. The molecule has 1 aliphatic carbocycles. The highest BCUT2D eigenvalue weighted by atomic mass is 32.2. The van der Waals surface area contributed by atoms with Crippen molar-refractivity contribution in [2.75, 3.05) is 6.54 Å². The van der Waals surface area contributed by atoms with Gasteiger partial charge in [-0.25, -0.2) is 13.1 Å². The summed E-state index contributed by atoms with van der Waals surface area (Å²) in [5.74, 6) is -0.958. The fraction of sp³-hybridized carbons (Fsp3) is 0.556. The first-order chi connectivity index (χ1) is 12.3. The molecule has 3 rings (SSSR count). The van der Waals surface area contributed by atoms with Crippen LogP contribution in [0.25, 0.3) is 0 Å². The van der Waals surface area contributed by atoms with Gasteiger partial charge in [0.1, 0.15) is 0 Å². The molecule has 0 spiro atoms. The molecule has 2 atom stereocenters. The van der Waals surface area contributed by atoms with Crippen LogP contribution < -0.4 is 15.8 Å². The molecule has 7 nitrogen and oxygen atoms in total. The van der Waals surface area contributed by atoms with Crippen molar-refractivity contribution in [3.8, 4) is 0 Å². The van der Waals surface area contributed by atoms with Gasteiger partial charge in [-0.2, -0.15) is 0 Å². The van der Waals surface area contributed by atoms with Crippen LogP contribution in [0.2, 0.25) is 0 Å². The van der Waals surface area contributed by atoms with E-state index in [-0.39, 0.29) is 22.3 Å². The first kappa shape index (κ1) is 18.8. The molecule has 142 valence electrons. The van der Waals surface area contributed by atoms with Crippen LogP contribution in [0.1, 0.15) is 55.3 Å². The van der Waals surface area contributed by atoms with Crippen molar-refractivity contribution in [1.29, 1.82) is 0 Å². The summed E-state index contributed by atoms with van der Waals surface area (Å²) in [5.41, 5.74) is 5.25. The number of amides is 2. The van der Waals surface area contributed by atoms with Crippen LogP contribution in [0.3, 0.4) is 0 Å². The molecule has 2 amide bonds. The maximum atomic E-state index is 12.5. The van der Waals surface area contributed by atoms with Crippen molar-refractivity contribution in [3.63, 3.8) is 0 Å². The summed E-state index contributed by atoms with van der Waals surface area (Å²) < 4.78 is 27.1. The van der Waals surface area contributed by atoms with E-state index in [0.717, 1.165) is 38.5 Å². The molecule has 0 saturated heterocycles. The van der Waals surface area contributed by atoms with Crippen molar-refractivity contribution in [1.82, 2.24) is 10.0 Å². The number of nitrogens with one attached hydrogen (secondary N) is 2. The van der Waals surface area contributed by atoms with Gasteiger partial charge in [0.2, 0.25) is 0 Å². The second kappa shape index (κ2) is 7.36. The largest absolute Gasteiger partial charge is 0.352 e. The maximum absolute atomic E-state index is 12.5. The molecule has 1 heterocycles. The van der Waals surface area contributed by atoms with E-state index < -0.39 is 21.5 Å². The number of hydrogen-bond acceptors (Lipinski definition) is 5. The van der Waals surface area contributed by atoms with Crippen LogP contribution in [0.15, 0.2) is 29.2 Å². The standard InChI is InChI=1S/C18H25N3O4S/c19-18-12-14(18)8-4-2-1-3-5-10-20-16(22)13-7-6-9-15(11-13)26(24,25)21-17(18)23/h6-7,9,11,14H,1-5,8,10,12,19H2,(H,20,22)(H,21,23)/t14-,18+/m0/s1. The second-order valence-electron chi connectivity index (χ2n) is 7.22. The summed E-state index contributed by atoms with van der Waals surface area (Å²) in [6.07, 6.45) is 6.32. The lowest BCUT2D eigenvalue weighted by molar-refractivity contribution is -0.121. The van der Waals surface area contributed by atoms with Gasteiger partial charge in [0.15, 0.2) is 0 Å². The number of hydrogen-bond donors (Lipinski definition) is 3. The zero-order valence-corrected chi connectivity index (χ0v) is 15.5. The number of benzene rings is 1. The molecule has 4 N–H and O–H groups in total. The minimum absolute atomic E-state index is 0.0305. The van der Waals surface area contributed by atoms with Crippen LogP contribution in [-0.2, 0) is 14.8 Å². The lowest BCUT2D eigenvalue weighted by atomic mass is 10.1. The second-order valence-corrected chi connectivity index (χ2v) is 8.90. The fourth-order valence-electron chi connectivity index (χ4n) is 3.42. The van der Waals surface area contributed by atoms with Crippen LogP contribution in [-0.4, -0.2) is 32.3 Å². The molecule has 0 radical (unpaired) electrons. The highest BCUT2D eigenvalue weighted by Gasteiger charge is 2.57. The van der Waals surface area contributed by atoms with Gasteiger partial charge in [-0.05, 0) is 43.4 Å². The van der Waals surface area contributed by atoms with Crippen LogP contribution in [0.5, 0.6) is 0 Å². The molecule has 8 heteroatoms. The molecule has 1 aliphatic heterocycles. The Balaban J connectivity index is 1.83. The van der Waals surface area contributed by atoms with Crippen molar-refractivity contribution < 1.29 is 18.0 Å². The summed E-state index contributed by atoms with van der Waals surface area (Å²) >= 11 is 0. The quantitative estimate of drug-likeness (QED) is 0.628. The minimum Gasteiger partial charge on any atom is -0.352 e. The lowest BCUT2D eigenvalue weighted by Crippen LogP contribution is -2.46. The molecule has 1 aromatic carbocycles. The molecule has 2 aliphatic rings. The number of carbonyl (C=O) groups excluding carboxylic acids is 2. The SMILES string of the molecule is N[C@]12C[C@@H]1CCCCCCCNC(=O)c1cccc(c1)S(=O)(=O)NC2=O. The lowest BCUT2D eigenvalue weighted by Gasteiger charge is -2.13. The highest BCUT2D eigenvalue weighted by Crippen LogP contribution is 2.45. The average molecular weight is 379 g/mol. The van der Waals surface area contributed by atoms with E-state index in [9.17, 15) is 18.0 Å². The molecule has 26 heavy (non-hydrogen) atoms. The first-order valence-corrected chi connectivity index (χ1v) is 10.6. The van der Waals surface area contributed by atoms with Gasteiger partial charge < -0.3 is 11.1 Å². The Hall–Kier alpha value is -1.93. The molecule has 1 saturated carbocycles. The first-order valence-electron chi connectivity index (χ1n) is 9.07. The van der Waals surface area contributed by atoms with Crippen LogP contribution >= 0.6 is 0 Å². The van der Waals surface area contributed by atoms with Gasteiger partial charge in [0, 0.05) is 12.1 Å². The van der Waals surface area contributed by atoms with E-state index >= 15 is 0 Å². The van der Waals surface area contributed by atoms with Crippen LogP contribution in [0.4, 0.5) is 0 Å². The van der Waals surface area contributed by atoms with E-state index in [1.807, 2.05) is 0 Å². The zero-order valence-electron chi connectivity index (χ0n) is 14.7. The highest BCUT2D eigenvalue weighted by molar-refractivity contribution is 7.90. The number of sulfonamides is 1. The van der Waals surface area contributed by atoms with E-state index in [2.05, 4.69) is 10.0 Å². The smallest absolute Gasteiger partial charge is 0.264 e. The van der Waals surface area contributed by atoms with Crippen LogP contribution in [0, 0.1) is 5.92 Å². The number of carbonyl (C=O) groups is 2. The van der Waals surface area contributed by atoms with E-state index in [4.69, 9.17) is 5.73 Å². The maximum Gasteiger partial charge on any atom is 0.264 e. The molecule has 0 aromatic heterocycles.